The van der Waals surface area contributed by atoms with Gasteiger partial charge in [0.2, 0.25) is 11.2 Å². The quantitative estimate of drug-likeness (QED) is 0.166. The monoisotopic (exact) mass is 506 g/mol. The zero-order chi connectivity index (χ0) is 25.5. The third-order valence-corrected chi connectivity index (χ3v) is 5.60. The third kappa shape index (κ3) is 5.00. The molecule has 4 rings (SSSR count). The second kappa shape index (κ2) is 9.07. The lowest BCUT2D eigenvalue weighted by Crippen LogP contribution is -2.16. The number of carbonyl (C=O) groups is 1. The Morgan fingerprint density at radius 2 is 1.57 bits per heavy atom. The fraction of sp³-hybridized carbons (Fsp3) is 0.120. The number of carbonyl (C=O) groups excluding carboxylic acids is 1. The van der Waals surface area contributed by atoms with Crippen LogP contribution in [0.2, 0.25) is 5.02 Å². The molecule has 0 saturated carbocycles. The Balaban J connectivity index is 1.76. The van der Waals surface area contributed by atoms with E-state index < -0.39 is 40.5 Å². The summed E-state index contributed by atoms with van der Waals surface area (Å²) in [6.45, 7) is 3.29. The van der Waals surface area contributed by atoms with E-state index in [4.69, 9.17) is 25.5 Å². The molecule has 0 unspecified atom stereocenters. The van der Waals surface area contributed by atoms with Gasteiger partial charge >= 0.3 is 12.1 Å². The molecule has 180 valence electrons. The van der Waals surface area contributed by atoms with Crippen LogP contribution in [0.4, 0.5) is 17.6 Å². The molecule has 0 aliphatic rings. The predicted octanol–water partition coefficient (Wildman–Crippen LogP) is 7.23. The van der Waals surface area contributed by atoms with Gasteiger partial charge in [-0.05, 0) is 73.5 Å². The molecular formula is C25H15ClF4O5. The molecule has 4 aromatic rings. The van der Waals surface area contributed by atoms with Crippen LogP contribution in [0.25, 0.3) is 11.0 Å². The number of ether oxygens (including phenoxy) is 2. The number of benzene rings is 3. The van der Waals surface area contributed by atoms with Crippen molar-refractivity contribution in [2.24, 2.45) is 0 Å². The molecule has 5 nitrogen and oxygen atoms in total. The number of rotatable bonds is 4. The minimum atomic E-state index is -5.07. The predicted molar refractivity (Wildman–Crippen MR) is 120 cm³/mol. The minimum Gasteiger partial charge on any atom is -0.449 e. The number of hydrogen-bond donors (Lipinski definition) is 0. The van der Waals surface area contributed by atoms with Crippen molar-refractivity contribution in [2.45, 2.75) is 20.0 Å². The Labute approximate surface area is 200 Å². The van der Waals surface area contributed by atoms with E-state index in [0.29, 0.717) is 16.1 Å². The van der Waals surface area contributed by atoms with Gasteiger partial charge < -0.3 is 13.9 Å². The van der Waals surface area contributed by atoms with Gasteiger partial charge in [-0.1, -0.05) is 11.6 Å². The number of hydrogen-bond acceptors (Lipinski definition) is 5. The number of alkyl halides is 3. The lowest BCUT2D eigenvalue weighted by molar-refractivity contribution is -0.154. The highest BCUT2D eigenvalue weighted by atomic mass is 35.5. The van der Waals surface area contributed by atoms with E-state index in [1.54, 1.807) is 13.8 Å². The number of halogens is 5. The molecule has 0 radical (unpaired) electrons. The Kier molecular flexibility index (Phi) is 6.29. The fourth-order valence-electron chi connectivity index (χ4n) is 3.33. The second-order valence-corrected chi connectivity index (χ2v) is 7.99. The van der Waals surface area contributed by atoms with Crippen LogP contribution in [0.5, 0.6) is 17.2 Å². The van der Waals surface area contributed by atoms with Crippen LogP contribution >= 0.6 is 11.6 Å². The fourth-order valence-corrected chi connectivity index (χ4v) is 3.44. The Morgan fingerprint density at radius 1 is 0.943 bits per heavy atom. The second-order valence-electron chi connectivity index (χ2n) is 7.61. The first-order chi connectivity index (χ1) is 16.4. The van der Waals surface area contributed by atoms with Gasteiger partial charge in [-0.3, -0.25) is 4.79 Å². The molecule has 0 atom stereocenters. The van der Waals surface area contributed by atoms with Crippen LogP contribution in [-0.4, -0.2) is 5.97 Å². The molecule has 0 fully saturated rings. The number of aryl methyl sites for hydroxylation is 2. The summed E-state index contributed by atoms with van der Waals surface area (Å²) >= 11 is 6.09. The first-order valence-corrected chi connectivity index (χ1v) is 10.4. The van der Waals surface area contributed by atoms with Crippen LogP contribution < -0.4 is 14.9 Å². The molecule has 1 aromatic heterocycles. The van der Waals surface area contributed by atoms with Crippen LogP contribution in [0.1, 0.15) is 27.2 Å². The van der Waals surface area contributed by atoms with Crippen molar-refractivity contribution >= 4 is 28.5 Å². The van der Waals surface area contributed by atoms with E-state index in [0.717, 1.165) is 24.3 Å². The molecular weight excluding hydrogens is 492 g/mol. The van der Waals surface area contributed by atoms with Gasteiger partial charge in [0.25, 0.3) is 5.76 Å². The summed E-state index contributed by atoms with van der Waals surface area (Å²) in [7, 11) is 0. The Hall–Kier alpha value is -3.85. The maximum Gasteiger partial charge on any atom is 0.453 e. The first-order valence-electron chi connectivity index (χ1n) is 10.0. The van der Waals surface area contributed by atoms with E-state index in [-0.39, 0.29) is 22.4 Å². The van der Waals surface area contributed by atoms with Crippen molar-refractivity contribution in [1.29, 1.82) is 0 Å². The summed E-state index contributed by atoms with van der Waals surface area (Å²) in [6.07, 6.45) is -5.07. The molecule has 35 heavy (non-hydrogen) atoms. The largest absolute Gasteiger partial charge is 0.453 e. The highest BCUT2D eigenvalue weighted by Gasteiger charge is 2.40. The van der Waals surface area contributed by atoms with E-state index in [1.807, 2.05) is 0 Å². The molecule has 0 aliphatic carbocycles. The Morgan fingerprint density at radius 3 is 2.17 bits per heavy atom. The normalized spacial score (nSPS) is 11.5. The molecule has 10 heteroatoms. The average molecular weight is 507 g/mol. The standard InChI is InChI=1S/C25H15ClF4O5/c1-12-9-17(10-13(2)20(12)26)33-22-21(31)18-8-7-16(11-19(18)35-23(22)25(28,29)30)34-24(32)14-3-5-15(27)6-4-14/h3-11H,1-2H3. The maximum absolute atomic E-state index is 13.8. The summed E-state index contributed by atoms with van der Waals surface area (Å²) in [5.41, 5.74) is -0.426. The zero-order valence-electron chi connectivity index (χ0n) is 18.1. The molecule has 0 saturated heterocycles. The summed E-state index contributed by atoms with van der Waals surface area (Å²) in [5, 5.41) is 0.193. The van der Waals surface area contributed by atoms with Gasteiger partial charge in [0.05, 0.1) is 10.9 Å². The van der Waals surface area contributed by atoms with Crippen molar-refractivity contribution in [3.63, 3.8) is 0 Å². The van der Waals surface area contributed by atoms with Crippen molar-refractivity contribution in [1.82, 2.24) is 0 Å². The molecule has 1 heterocycles. The third-order valence-electron chi connectivity index (χ3n) is 5.00. The van der Waals surface area contributed by atoms with Crippen LogP contribution in [-0.2, 0) is 6.18 Å². The maximum atomic E-state index is 13.8. The van der Waals surface area contributed by atoms with E-state index in [1.165, 1.54) is 30.3 Å². The highest BCUT2D eigenvalue weighted by Crippen LogP contribution is 2.39. The van der Waals surface area contributed by atoms with E-state index in [9.17, 15) is 27.2 Å². The lowest BCUT2D eigenvalue weighted by atomic mass is 10.1. The molecule has 3 aromatic carbocycles. The smallest absolute Gasteiger partial charge is 0.449 e. The number of fused-ring (bicyclic) bond motifs is 1. The van der Waals surface area contributed by atoms with E-state index >= 15 is 0 Å². The first kappa shape index (κ1) is 24.3. The van der Waals surface area contributed by atoms with Crippen molar-refractivity contribution in [2.75, 3.05) is 0 Å². The number of esters is 1. The van der Waals surface area contributed by atoms with Crippen LogP contribution in [0.15, 0.2) is 63.8 Å². The SMILES string of the molecule is Cc1cc(Oc2c(C(F)(F)F)oc3cc(OC(=O)c4ccc(F)cc4)ccc3c2=O)cc(C)c1Cl. The minimum absolute atomic E-state index is 0.0150. The summed E-state index contributed by atoms with van der Waals surface area (Å²) < 4.78 is 69.9. The van der Waals surface area contributed by atoms with Crippen LogP contribution in [0.3, 0.4) is 0 Å². The van der Waals surface area contributed by atoms with E-state index in [2.05, 4.69) is 0 Å². The van der Waals surface area contributed by atoms with Gasteiger partial charge in [0.1, 0.15) is 22.9 Å². The summed E-state index contributed by atoms with van der Waals surface area (Å²) in [6, 6.07) is 10.6. The van der Waals surface area contributed by atoms with Gasteiger partial charge in [-0.2, -0.15) is 13.2 Å². The van der Waals surface area contributed by atoms with Crippen molar-refractivity contribution in [3.05, 3.63) is 98.1 Å². The van der Waals surface area contributed by atoms with Gasteiger partial charge in [0.15, 0.2) is 0 Å². The molecule has 0 N–H and O–H groups in total. The molecule has 0 amide bonds. The van der Waals surface area contributed by atoms with Gasteiger partial charge in [0, 0.05) is 11.1 Å². The lowest BCUT2D eigenvalue weighted by Gasteiger charge is -2.15. The van der Waals surface area contributed by atoms with Crippen LogP contribution in [0, 0.1) is 19.7 Å². The topological polar surface area (TPSA) is 65.7 Å². The van der Waals surface area contributed by atoms with Gasteiger partial charge in [-0.25, -0.2) is 9.18 Å². The van der Waals surface area contributed by atoms with Crippen molar-refractivity contribution < 1.29 is 36.2 Å². The van der Waals surface area contributed by atoms with Crippen molar-refractivity contribution in [3.8, 4) is 17.2 Å². The summed E-state index contributed by atoms with van der Waals surface area (Å²) in [5.74, 6) is -4.33. The zero-order valence-corrected chi connectivity index (χ0v) is 18.9. The molecule has 0 aliphatic heterocycles. The molecule has 0 bridgehead atoms. The highest BCUT2D eigenvalue weighted by molar-refractivity contribution is 6.32. The average Bonchev–Trinajstić information content (AvgIpc) is 2.78. The van der Waals surface area contributed by atoms with Gasteiger partial charge in [-0.15, -0.1) is 0 Å². The summed E-state index contributed by atoms with van der Waals surface area (Å²) in [4.78, 5) is 25.2. The molecule has 0 spiro atoms. The Bertz CT molecular complexity index is 1480.